The predicted molar refractivity (Wildman–Crippen MR) is 58.5 cm³/mol. The Bertz CT molecular complexity index is 299. The lowest BCUT2D eigenvalue weighted by Crippen LogP contribution is -2.17. The number of carbonyl (C=O) groups is 1. The van der Waals surface area contributed by atoms with Crippen molar-refractivity contribution in [2.45, 2.75) is 23.2 Å². The minimum atomic E-state index is -1.12. The molecular formula is C9H12O4S2. The molecule has 6 heteroatoms. The predicted octanol–water partition coefficient (Wildman–Crippen LogP) is 1.08. The number of thiophene rings is 1. The highest BCUT2D eigenvalue weighted by Crippen LogP contribution is 2.18. The summed E-state index contributed by atoms with van der Waals surface area (Å²) in [5.74, 6) is -0.737. The van der Waals surface area contributed by atoms with Crippen molar-refractivity contribution in [3.05, 3.63) is 17.5 Å². The van der Waals surface area contributed by atoms with Crippen molar-refractivity contribution >= 4 is 28.5 Å². The first-order valence-electron chi connectivity index (χ1n) is 4.41. The fraction of sp³-hybridized carbons (Fsp3) is 0.444. The van der Waals surface area contributed by atoms with Crippen molar-refractivity contribution in [2.24, 2.45) is 0 Å². The Morgan fingerprint density at radius 1 is 1.67 bits per heavy atom. The number of hydrogen-bond acceptors (Lipinski definition) is 4. The standard InChI is InChI=1S/C9H12O4S2/c10-7(6-8(11)12)3-5-15(13)9-2-1-4-14-9/h1-2,4,7,10H,3,5-6H2,(H,11,12). The minimum Gasteiger partial charge on any atom is -0.611 e. The fourth-order valence-corrected chi connectivity index (χ4v) is 3.25. The SMILES string of the molecule is O=C(O)CC(O)CC[S+]([O-])c1cccs1. The highest BCUT2D eigenvalue weighted by molar-refractivity contribution is 7.93. The second-order valence-electron chi connectivity index (χ2n) is 3.02. The Balaban J connectivity index is 2.28. The molecule has 2 atom stereocenters. The Morgan fingerprint density at radius 3 is 2.93 bits per heavy atom. The normalized spacial score (nSPS) is 14.8. The van der Waals surface area contributed by atoms with Crippen LogP contribution < -0.4 is 0 Å². The lowest BCUT2D eigenvalue weighted by Gasteiger charge is -2.10. The van der Waals surface area contributed by atoms with Crippen LogP contribution in [0.2, 0.25) is 0 Å². The van der Waals surface area contributed by atoms with Crippen LogP contribution in [0.5, 0.6) is 0 Å². The summed E-state index contributed by atoms with van der Waals surface area (Å²) in [5.41, 5.74) is 0. The zero-order chi connectivity index (χ0) is 11.3. The van der Waals surface area contributed by atoms with Gasteiger partial charge >= 0.3 is 5.97 Å². The molecule has 0 fully saturated rings. The molecule has 1 heterocycles. The van der Waals surface area contributed by atoms with E-state index in [0.29, 0.717) is 5.75 Å². The summed E-state index contributed by atoms with van der Waals surface area (Å²) in [5, 5.41) is 19.5. The number of hydrogen-bond donors (Lipinski definition) is 2. The van der Waals surface area contributed by atoms with E-state index in [4.69, 9.17) is 5.11 Å². The van der Waals surface area contributed by atoms with Crippen molar-refractivity contribution in [2.75, 3.05) is 5.75 Å². The molecule has 0 saturated carbocycles. The fourth-order valence-electron chi connectivity index (χ4n) is 1.04. The van der Waals surface area contributed by atoms with E-state index in [2.05, 4.69) is 0 Å². The summed E-state index contributed by atoms with van der Waals surface area (Å²) >= 11 is 0.276. The zero-order valence-corrected chi connectivity index (χ0v) is 9.59. The third kappa shape index (κ3) is 4.65. The topological polar surface area (TPSA) is 80.6 Å². The number of aliphatic hydroxyl groups is 1. The van der Waals surface area contributed by atoms with E-state index < -0.39 is 23.2 Å². The van der Waals surface area contributed by atoms with Crippen LogP contribution in [0.1, 0.15) is 12.8 Å². The maximum Gasteiger partial charge on any atom is 0.305 e. The van der Waals surface area contributed by atoms with Crippen LogP contribution >= 0.6 is 11.3 Å². The third-order valence-corrected chi connectivity index (χ3v) is 4.47. The lowest BCUT2D eigenvalue weighted by molar-refractivity contribution is -0.139. The first-order valence-corrected chi connectivity index (χ1v) is 6.61. The lowest BCUT2D eigenvalue weighted by atomic mass is 10.2. The van der Waals surface area contributed by atoms with Gasteiger partial charge in [-0.2, -0.15) is 0 Å². The molecule has 0 aliphatic rings. The van der Waals surface area contributed by atoms with Crippen molar-refractivity contribution in [3.63, 3.8) is 0 Å². The zero-order valence-electron chi connectivity index (χ0n) is 7.96. The molecule has 0 amide bonds. The van der Waals surface area contributed by atoms with Crippen LogP contribution in [0.3, 0.4) is 0 Å². The van der Waals surface area contributed by atoms with Gasteiger partial charge in [0.05, 0.1) is 12.5 Å². The molecule has 84 valence electrons. The average Bonchev–Trinajstić information content (AvgIpc) is 2.65. The van der Waals surface area contributed by atoms with Gasteiger partial charge in [-0.3, -0.25) is 4.79 Å². The summed E-state index contributed by atoms with van der Waals surface area (Å²) in [6.07, 6.45) is -0.954. The van der Waals surface area contributed by atoms with Gasteiger partial charge in [-0.05, 0) is 22.6 Å². The summed E-state index contributed by atoms with van der Waals surface area (Å²) in [4.78, 5) is 10.2. The number of rotatable bonds is 6. The van der Waals surface area contributed by atoms with Crippen molar-refractivity contribution in [1.29, 1.82) is 0 Å². The van der Waals surface area contributed by atoms with E-state index in [-0.39, 0.29) is 12.8 Å². The smallest absolute Gasteiger partial charge is 0.305 e. The highest BCUT2D eigenvalue weighted by Gasteiger charge is 2.16. The maximum absolute atomic E-state index is 11.6. The second kappa shape index (κ2) is 6.12. The van der Waals surface area contributed by atoms with Crippen molar-refractivity contribution in [1.82, 2.24) is 0 Å². The van der Waals surface area contributed by atoms with E-state index in [1.165, 1.54) is 11.3 Å². The largest absolute Gasteiger partial charge is 0.611 e. The molecule has 0 aromatic carbocycles. The third-order valence-electron chi connectivity index (χ3n) is 1.77. The van der Waals surface area contributed by atoms with Crippen LogP contribution in [0.25, 0.3) is 0 Å². The molecule has 0 bridgehead atoms. The van der Waals surface area contributed by atoms with Gasteiger partial charge in [-0.15, -0.1) is 0 Å². The molecule has 1 aromatic rings. The number of aliphatic hydroxyl groups excluding tert-OH is 1. The average molecular weight is 248 g/mol. The van der Waals surface area contributed by atoms with E-state index >= 15 is 0 Å². The summed E-state index contributed by atoms with van der Waals surface area (Å²) in [6, 6.07) is 3.58. The van der Waals surface area contributed by atoms with Gasteiger partial charge in [0.2, 0.25) is 4.21 Å². The van der Waals surface area contributed by atoms with E-state index in [1.54, 1.807) is 6.07 Å². The second-order valence-corrected chi connectivity index (χ2v) is 5.77. The number of carboxylic acids is 1. The summed E-state index contributed by atoms with van der Waals surface area (Å²) in [6.45, 7) is 0. The van der Waals surface area contributed by atoms with Gasteiger partial charge in [-0.1, -0.05) is 11.3 Å². The molecule has 0 aliphatic heterocycles. The van der Waals surface area contributed by atoms with Gasteiger partial charge in [0.15, 0.2) is 0 Å². The molecule has 0 saturated heterocycles. The Hall–Kier alpha value is -0.560. The maximum atomic E-state index is 11.6. The van der Waals surface area contributed by atoms with Gasteiger partial charge < -0.3 is 14.8 Å². The molecular weight excluding hydrogens is 236 g/mol. The van der Waals surface area contributed by atoms with E-state index in [9.17, 15) is 14.5 Å². The van der Waals surface area contributed by atoms with Crippen molar-refractivity contribution in [3.8, 4) is 0 Å². The van der Waals surface area contributed by atoms with Gasteiger partial charge in [-0.25, -0.2) is 0 Å². The molecule has 1 rings (SSSR count). The van der Waals surface area contributed by atoms with E-state index in [0.717, 1.165) is 4.21 Å². The molecule has 2 N–H and O–H groups in total. The molecule has 1 aromatic heterocycles. The van der Waals surface area contributed by atoms with Crippen LogP contribution in [0.15, 0.2) is 21.7 Å². The van der Waals surface area contributed by atoms with Crippen LogP contribution in [0.4, 0.5) is 0 Å². The van der Waals surface area contributed by atoms with E-state index in [1.807, 2.05) is 11.4 Å². The quantitative estimate of drug-likeness (QED) is 0.738. The summed E-state index contributed by atoms with van der Waals surface area (Å²) < 4.78 is 12.3. The number of aliphatic carboxylic acids is 1. The molecule has 15 heavy (non-hydrogen) atoms. The minimum absolute atomic E-state index is 0.247. The van der Waals surface area contributed by atoms with Gasteiger partial charge in [0.25, 0.3) is 0 Å². The Labute approximate surface area is 94.7 Å². The van der Waals surface area contributed by atoms with Crippen LogP contribution in [-0.4, -0.2) is 32.6 Å². The molecule has 4 nitrogen and oxygen atoms in total. The van der Waals surface area contributed by atoms with Crippen LogP contribution in [-0.2, 0) is 16.0 Å². The summed E-state index contributed by atoms with van der Waals surface area (Å²) in [7, 11) is 0. The van der Waals surface area contributed by atoms with Gasteiger partial charge in [0.1, 0.15) is 5.75 Å². The molecule has 0 spiro atoms. The van der Waals surface area contributed by atoms with Crippen LogP contribution in [0, 0.1) is 0 Å². The van der Waals surface area contributed by atoms with Gasteiger partial charge in [0, 0.05) is 12.5 Å². The van der Waals surface area contributed by atoms with Crippen molar-refractivity contribution < 1.29 is 19.6 Å². The molecule has 0 aliphatic carbocycles. The monoisotopic (exact) mass is 248 g/mol. The molecule has 0 radical (unpaired) electrons. The Kier molecular flexibility index (Phi) is 5.10. The first kappa shape index (κ1) is 12.5. The highest BCUT2D eigenvalue weighted by atomic mass is 32.2. The number of carboxylic acid groups (broad SMARTS) is 1. The Morgan fingerprint density at radius 2 is 2.40 bits per heavy atom. The molecule has 2 unspecified atom stereocenters. The first-order chi connectivity index (χ1) is 7.09.